The molecule has 0 radical (unpaired) electrons. The minimum absolute atomic E-state index is 0.0544. The first-order valence-electron chi connectivity index (χ1n) is 11.7. The fraction of sp³-hybridized carbons (Fsp3) is 0.0800. The predicted octanol–water partition coefficient (Wildman–Crippen LogP) is 4.36. The SMILES string of the molecule is CCn1cc(-c2ccnc(Nc3ccnc(N)n3)n2)c(-c2cccc(NS(=O)(=O)c3cc(F)ccc3F)c2F)n1. The zero-order valence-corrected chi connectivity index (χ0v) is 21.5. The summed E-state index contributed by atoms with van der Waals surface area (Å²) in [5, 5.41) is 7.37. The molecule has 0 spiro atoms. The molecule has 40 heavy (non-hydrogen) atoms. The van der Waals surface area contributed by atoms with Gasteiger partial charge in [0, 0.05) is 36.3 Å². The van der Waals surface area contributed by atoms with Crippen molar-refractivity contribution < 1.29 is 21.6 Å². The number of nitrogen functional groups attached to an aromatic ring is 1. The van der Waals surface area contributed by atoms with Gasteiger partial charge in [-0.2, -0.15) is 10.1 Å². The minimum atomic E-state index is -4.67. The Kier molecular flexibility index (Phi) is 7.04. The van der Waals surface area contributed by atoms with Gasteiger partial charge in [-0.25, -0.2) is 36.5 Å². The van der Waals surface area contributed by atoms with Crippen LogP contribution in [-0.2, 0) is 16.6 Å². The summed E-state index contributed by atoms with van der Waals surface area (Å²) in [5.41, 5.74) is 6.04. The first-order valence-corrected chi connectivity index (χ1v) is 13.2. The lowest BCUT2D eigenvalue weighted by atomic mass is 10.0. The lowest BCUT2D eigenvalue weighted by molar-refractivity contribution is 0.555. The number of sulfonamides is 1. The normalized spacial score (nSPS) is 11.4. The average molecular weight is 568 g/mol. The number of halogens is 3. The summed E-state index contributed by atoms with van der Waals surface area (Å²) >= 11 is 0. The van der Waals surface area contributed by atoms with Crippen molar-refractivity contribution in [2.24, 2.45) is 0 Å². The molecule has 0 amide bonds. The van der Waals surface area contributed by atoms with E-state index >= 15 is 4.39 Å². The van der Waals surface area contributed by atoms with Gasteiger partial charge >= 0.3 is 0 Å². The van der Waals surface area contributed by atoms with E-state index in [-0.39, 0.29) is 23.2 Å². The Morgan fingerprint density at radius 1 is 0.975 bits per heavy atom. The highest BCUT2D eigenvalue weighted by Crippen LogP contribution is 2.35. The van der Waals surface area contributed by atoms with E-state index in [2.05, 4.69) is 30.4 Å². The van der Waals surface area contributed by atoms with Crippen molar-refractivity contribution in [3.05, 3.63) is 84.6 Å². The maximum atomic E-state index is 15.8. The highest BCUT2D eigenvalue weighted by molar-refractivity contribution is 7.92. The molecular formula is C25H20F3N9O2S. The van der Waals surface area contributed by atoms with Gasteiger partial charge in [0.25, 0.3) is 10.0 Å². The number of nitrogens with two attached hydrogens (primary N) is 1. The van der Waals surface area contributed by atoms with Crippen LogP contribution in [0.15, 0.2) is 72.0 Å². The van der Waals surface area contributed by atoms with Crippen LogP contribution in [0, 0.1) is 17.5 Å². The molecular weight excluding hydrogens is 547 g/mol. The van der Waals surface area contributed by atoms with E-state index in [0.717, 1.165) is 12.1 Å². The Morgan fingerprint density at radius 3 is 2.55 bits per heavy atom. The number of hydrogen-bond acceptors (Lipinski definition) is 9. The van der Waals surface area contributed by atoms with Crippen LogP contribution < -0.4 is 15.8 Å². The molecule has 0 aliphatic heterocycles. The fourth-order valence-electron chi connectivity index (χ4n) is 3.77. The monoisotopic (exact) mass is 567 g/mol. The largest absolute Gasteiger partial charge is 0.368 e. The zero-order valence-electron chi connectivity index (χ0n) is 20.7. The second-order valence-corrected chi connectivity index (χ2v) is 9.94. The standard InChI is InChI=1S/C25H20F3N9O2S/c1-2-37-13-16(18-8-10-31-25(32-18)34-21-9-11-30-24(29)33-21)23(35-37)15-4-3-5-19(22(15)28)36-40(38,39)20-12-14(26)6-7-17(20)27/h3-13,36H,2H2,1H3,(H3,29,30,31,32,33,34). The molecule has 3 aromatic heterocycles. The summed E-state index contributed by atoms with van der Waals surface area (Å²) in [6.07, 6.45) is 4.60. The van der Waals surface area contributed by atoms with Gasteiger partial charge in [-0.15, -0.1) is 0 Å². The van der Waals surface area contributed by atoms with Crippen LogP contribution in [0.2, 0.25) is 0 Å². The summed E-state index contributed by atoms with van der Waals surface area (Å²) in [6.45, 7) is 2.28. The first kappa shape index (κ1) is 26.6. The Balaban J connectivity index is 1.53. The molecule has 4 N–H and O–H groups in total. The van der Waals surface area contributed by atoms with Gasteiger partial charge in [0.2, 0.25) is 11.9 Å². The molecule has 0 bridgehead atoms. The summed E-state index contributed by atoms with van der Waals surface area (Å²) in [7, 11) is -4.67. The molecule has 3 heterocycles. The number of nitrogens with zero attached hydrogens (tertiary/aromatic N) is 6. The lowest BCUT2D eigenvalue weighted by Crippen LogP contribution is -2.16. The molecule has 5 rings (SSSR count). The molecule has 204 valence electrons. The zero-order chi connectivity index (χ0) is 28.4. The van der Waals surface area contributed by atoms with Gasteiger partial charge in [-0.1, -0.05) is 6.07 Å². The summed E-state index contributed by atoms with van der Waals surface area (Å²) in [4.78, 5) is 15.6. The highest BCUT2D eigenvalue weighted by atomic mass is 32.2. The minimum Gasteiger partial charge on any atom is -0.368 e. The van der Waals surface area contributed by atoms with E-state index < -0.39 is 38.1 Å². The Bertz CT molecular complexity index is 1830. The molecule has 0 aliphatic carbocycles. The quantitative estimate of drug-likeness (QED) is 0.248. The van der Waals surface area contributed by atoms with E-state index in [1.165, 1.54) is 24.5 Å². The third-order valence-electron chi connectivity index (χ3n) is 5.61. The van der Waals surface area contributed by atoms with Crippen molar-refractivity contribution >= 4 is 33.4 Å². The second-order valence-electron chi connectivity index (χ2n) is 8.29. The van der Waals surface area contributed by atoms with E-state index in [1.807, 2.05) is 11.6 Å². The molecule has 2 aromatic carbocycles. The van der Waals surface area contributed by atoms with E-state index in [9.17, 15) is 17.2 Å². The number of anilines is 4. The van der Waals surface area contributed by atoms with Crippen molar-refractivity contribution in [2.45, 2.75) is 18.4 Å². The lowest BCUT2D eigenvalue weighted by Gasteiger charge is -2.12. The van der Waals surface area contributed by atoms with Crippen molar-refractivity contribution in [2.75, 3.05) is 15.8 Å². The van der Waals surface area contributed by atoms with Crippen molar-refractivity contribution in [3.8, 4) is 22.5 Å². The van der Waals surface area contributed by atoms with Crippen molar-refractivity contribution in [3.63, 3.8) is 0 Å². The van der Waals surface area contributed by atoms with Crippen molar-refractivity contribution in [1.29, 1.82) is 0 Å². The van der Waals surface area contributed by atoms with E-state index in [4.69, 9.17) is 5.73 Å². The van der Waals surface area contributed by atoms with Crippen LogP contribution in [0.5, 0.6) is 0 Å². The molecule has 0 saturated carbocycles. The Labute approximate surface area is 226 Å². The van der Waals surface area contributed by atoms with Gasteiger partial charge in [0.15, 0.2) is 5.82 Å². The molecule has 15 heteroatoms. The third kappa shape index (κ3) is 5.40. The smallest absolute Gasteiger partial charge is 0.265 e. The van der Waals surface area contributed by atoms with Crippen LogP contribution in [0.3, 0.4) is 0 Å². The van der Waals surface area contributed by atoms with Crippen LogP contribution >= 0.6 is 0 Å². The average Bonchev–Trinajstić information content (AvgIpc) is 3.36. The van der Waals surface area contributed by atoms with Crippen LogP contribution in [0.4, 0.5) is 36.6 Å². The fourth-order valence-corrected chi connectivity index (χ4v) is 4.92. The van der Waals surface area contributed by atoms with E-state index in [1.54, 1.807) is 23.0 Å². The summed E-state index contributed by atoms with van der Waals surface area (Å²) < 4.78 is 72.7. The number of nitrogens with one attached hydrogen (secondary N) is 2. The maximum absolute atomic E-state index is 15.8. The predicted molar refractivity (Wildman–Crippen MR) is 141 cm³/mol. The van der Waals surface area contributed by atoms with Crippen LogP contribution in [-0.4, -0.2) is 38.1 Å². The van der Waals surface area contributed by atoms with Gasteiger partial charge in [-0.3, -0.25) is 9.40 Å². The topological polar surface area (TPSA) is 154 Å². The maximum Gasteiger partial charge on any atom is 0.265 e. The Morgan fingerprint density at radius 2 is 1.77 bits per heavy atom. The molecule has 0 atom stereocenters. The van der Waals surface area contributed by atoms with E-state index in [0.29, 0.717) is 35.8 Å². The second kappa shape index (κ2) is 10.6. The van der Waals surface area contributed by atoms with Gasteiger partial charge < -0.3 is 11.1 Å². The third-order valence-corrected chi connectivity index (χ3v) is 6.99. The van der Waals surface area contributed by atoms with Gasteiger partial charge in [0.05, 0.1) is 11.4 Å². The Hall–Kier alpha value is -5.05. The number of aryl methyl sites for hydroxylation is 1. The van der Waals surface area contributed by atoms with Gasteiger partial charge in [0.1, 0.15) is 28.0 Å². The molecule has 0 fully saturated rings. The number of aromatic nitrogens is 6. The highest BCUT2D eigenvalue weighted by Gasteiger charge is 2.24. The molecule has 0 saturated heterocycles. The number of hydrogen-bond donors (Lipinski definition) is 3. The first-order chi connectivity index (χ1) is 19.1. The van der Waals surface area contributed by atoms with Crippen LogP contribution in [0.25, 0.3) is 22.5 Å². The number of rotatable bonds is 8. The summed E-state index contributed by atoms with van der Waals surface area (Å²) in [6, 6.07) is 9.09. The van der Waals surface area contributed by atoms with Gasteiger partial charge in [-0.05, 0) is 49.4 Å². The molecule has 11 nitrogen and oxygen atoms in total. The molecule has 5 aromatic rings. The summed E-state index contributed by atoms with van der Waals surface area (Å²) in [5.74, 6) is -2.55. The molecule has 0 aliphatic rings. The van der Waals surface area contributed by atoms with Crippen LogP contribution in [0.1, 0.15) is 6.92 Å². The van der Waals surface area contributed by atoms with Crippen molar-refractivity contribution in [1.82, 2.24) is 29.7 Å². The molecule has 0 unspecified atom stereocenters. The number of benzene rings is 2.